The van der Waals surface area contributed by atoms with Crippen LogP contribution in [0.15, 0.2) is 24.3 Å². The molecule has 0 radical (unpaired) electrons. The molecule has 1 N–H and O–H groups in total. The molecule has 23 heavy (non-hydrogen) atoms. The predicted octanol–water partition coefficient (Wildman–Crippen LogP) is 2.59. The molecule has 0 aliphatic carbocycles. The number of carbonyl (C=O) groups excluding carboxylic acids is 1. The zero-order valence-electron chi connectivity index (χ0n) is 13.8. The minimum absolute atomic E-state index is 0.0386. The van der Waals surface area contributed by atoms with E-state index in [-0.39, 0.29) is 11.8 Å². The molecule has 2 unspecified atom stereocenters. The van der Waals surface area contributed by atoms with Gasteiger partial charge < -0.3 is 14.7 Å². The van der Waals surface area contributed by atoms with E-state index in [0.29, 0.717) is 39.0 Å². The van der Waals surface area contributed by atoms with E-state index in [1.807, 2.05) is 38.1 Å². The Morgan fingerprint density at radius 2 is 1.96 bits per heavy atom. The Labute approximate surface area is 137 Å². The van der Waals surface area contributed by atoms with Crippen LogP contribution in [0.5, 0.6) is 5.75 Å². The quantitative estimate of drug-likeness (QED) is 0.875. The second-order valence-corrected chi connectivity index (χ2v) is 6.25. The standard InChI is InChI=1S/C18H25NO4/c1-3-23-16-7-4-14(5-8-16)6-9-17(20)19-11-13(2)10-15(12-19)18(21)22/h4-5,7-8,13,15H,3,6,9-12H2,1-2H3,(H,21,22). The number of likely N-dealkylation sites (tertiary alicyclic amines) is 1. The summed E-state index contributed by atoms with van der Waals surface area (Å²) in [5.41, 5.74) is 1.08. The summed E-state index contributed by atoms with van der Waals surface area (Å²) in [6.07, 6.45) is 1.72. The zero-order chi connectivity index (χ0) is 16.8. The van der Waals surface area contributed by atoms with Crippen molar-refractivity contribution in [3.8, 4) is 5.75 Å². The lowest BCUT2D eigenvalue weighted by molar-refractivity contribution is -0.146. The van der Waals surface area contributed by atoms with Crippen LogP contribution in [-0.2, 0) is 16.0 Å². The largest absolute Gasteiger partial charge is 0.494 e. The number of amides is 1. The van der Waals surface area contributed by atoms with Gasteiger partial charge >= 0.3 is 5.97 Å². The zero-order valence-corrected chi connectivity index (χ0v) is 13.8. The molecule has 126 valence electrons. The number of aliphatic carboxylic acids is 1. The average Bonchev–Trinajstić information content (AvgIpc) is 2.53. The average molecular weight is 319 g/mol. The van der Waals surface area contributed by atoms with Crippen molar-refractivity contribution in [3.63, 3.8) is 0 Å². The lowest BCUT2D eigenvalue weighted by Gasteiger charge is -2.34. The van der Waals surface area contributed by atoms with Crippen molar-refractivity contribution in [3.05, 3.63) is 29.8 Å². The van der Waals surface area contributed by atoms with E-state index >= 15 is 0 Å². The maximum Gasteiger partial charge on any atom is 0.308 e. The number of carboxylic acids is 1. The number of rotatable bonds is 6. The Morgan fingerprint density at radius 1 is 1.26 bits per heavy atom. The molecule has 1 saturated heterocycles. The fourth-order valence-corrected chi connectivity index (χ4v) is 3.06. The molecule has 0 saturated carbocycles. The molecule has 2 atom stereocenters. The highest BCUT2D eigenvalue weighted by Gasteiger charge is 2.31. The van der Waals surface area contributed by atoms with Crippen molar-refractivity contribution in [1.82, 2.24) is 4.90 Å². The lowest BCUT2D eigenvalue weighted by atomic mass is 9.90. The Morgan fingerprint density at radius 3 is 2.57 bits per heavy atom. The van der Waals surface area contributed by atoms with Crippen molar-refractivity contribution in [2.75, 3.05) is 19.7 Å². The monoisotopic (exact) mass is 319 g/mol. The van der Waals surface area contributed by atoms with Crippen LogP contribution in [0.3, 0.4) is 0 Å². The van der Waals surface area contributed by atoms with Gasteiger partial charge in [-0.3, -0.25) is 9.59 Å². The van der Waals surface area contributed by atoms with E-state index in [1.165, 1.54) is 0 Å². The molecule has 1 heterocycles. The van der Waals surface area contributed by atoms with Crippen molar-refractivity contribution in [2.24, 2.45) is 11.8 Å². The van der Waals surface area contributed by atoms with E-state index in [1.54, 1.807) is 4.90 Å². The van der Waals surface area contributed by atoms with Crippen molar-refractivity contribution < 1.29 is 19.4 Å². The third-order valence-electron chi connectivity index (χ3n) is 4.22. The maximum absolute atomic E-state index is 12.4. The van der Waals surface area contributed by atoms with Gasteiger partial charge in [0.25, 0.3) is 0 Å². The van der Waals surface area contributed by atoms with Gasteiger partial charge in [-0.15, -0.1) is 0 Å². The minimum atomic E-state index is -0.805. The van der Waals surface area contributed by atoms with Crippen LogP contribution in [0, 0.1) is 11.8 Å². The summed E-state index contributed by atoms with van der Waals surface area (Å²) in [6.45, 7) is 5.57. The van der Waals surface area contributed by atoms with Crippen molar-refractivity contribution >= 4 is 11.9 Å². The third-order valence-corrected chi connectivity index (χ3v) is 4.22. The van der Waals surface area contributed by atoms with Crippen molar-refractivity contribution in [2.45, 2.75) is 33.1 Å². The summed E-state index contributed by atoms with van der Waals surface area (Å²) in [5, 5.41) is 9.18. The lowest BCUT2D eigenvalue weighted by Crippen LogP contribution is -2.45. The highest BCUT2D eigenvalue weighted by Crippen LogP contribution is 2.23. The molecule has 5 nitrogen and oxygen atoms in total. The normalized spacial score (nSPS) is 21.0. The summed E-state index contributed by atoms with van der Waals surface area (Å²) in [6, 6.07) is 7.76. The highest BCUT2D eigenvalue weighted by atomic mass is 16.5. The number of carbonyl (C=O) groups is 2. The summed E-state index contributed by atoms with van der Waals surface area (Å²) in [4.78, 5) is 25.3. The molecule has 1 aliphatic rings. The second-order valence-electron chi connectivity index (χ2n) is 6.25. The van der Waals surface area contributed by atoms with Gasteiger partial charge in [0.2, 0.25) is 5.91 Å². The Kier molecular flexibility index (Phi) is 6.02. The number of nitrogens with zero attached hydrogens (tertiary/aromatic N) is 1. The molecular formula is C18H25NO4. The summed E-state index contributed by atoms with van der Waals surface area (Å²) in [7, 11) is 0. The number of carboxylic acid groups (broad SMARTS) is 1. The Hall–Kier alpha value is -2.04. The van der Waals surface area contributed by atoms with Crippen LogP contribution in [0.1, 0.15) is 32.3 Å². The first-order chi connectivity index (χ1) is 11.0. The third kappa shape index (κ3) is 4.98. The number of piperidine rings is 1. The van der Waals surface area contributed by atoms with Crippen LogP contribution in [0.4, 0.5) is 0 Å². The first-order valence-corrected chi connectivity index (χ1v) is 8.22. The predicted molar refractivity (Wildman–Crippen MR) is 87.4 cm³/mol. The Balaban J connectivity index is 1.87. The SMILES string of the molecule is CCOc1ccc(CCC(=O)N2CC(C)CC(C(=O)O)C2)cc1. The molecule has 1 aromatic rings. The van der Waals surface area contributed by atoms with Gasteiger partial charge in [-0.25, -0.2) is 0 Å². The molecule has 1 aromatic carbocycles. The molecular weight excluding hydrogens is 294 g/mol. The van der Waals surface area contributed by atoms with E-state index in [0.717, 1.165) is 11.3 Å². The smallest absolute Gasteiger partial charge is 0.308 e. The van der Waals surface area contributed by atoms with E-state index in [2.05, 4.69) is 0 Å². The van der Waals surface area contributed by atoms with Gasteiger partial charge in [0.1, 0.15) is 5.75 Å². The van der Waals surface area contributed by atoms with E-state index in [9.17, 15) is 14.7 Å². The molecule has 1 fully saturated rings. The van der Waals surface area contributed by atoms with Gasteiger partial charge in [0, 0.05) is 19.5 Å². The van der Waals surface area contributed by atoms with Gasteiger partial charge in [0.15, 0.2) is 0 Å². The summed E-state index contributed by atoms with van der Waals surface area (Å²) in [5.74, 6) is -0.137. The molecule has 0 spiro atoms. The van der Waals surface area contributed by atoms with Crippen LogP contribution >= 0.6 is 0 Å². The van der Waals surface area contributed by atoms with Gasteiger partial charge in [0.05, 0.1) is 12.5 Å². The van der Waals surface area contributed by atoms with E-state index in [4.69, 9.17) is 4.74 Å². The van der Waals surface area contributed by atoms with E-state index < -0.39 is 11.9 Å². The molecule has 2 rings (SSSR count). The van der Waals surface area contributed by atoms with Crippen LogP contribution in [0.2, 0.25) is 0 Å². The van der Waals surface area contributed by atoms with Crippen LogP contribution in [-0.4, -0.2) is 41.6 Å². The molecule has 1 aliphatic heterocycles. The summed E-state index contributed by atoms with van der Waals surface area (Å²) < 4.78 is 5.40. The molecule has 1 amide bonds. The topological polar surface area (TPSA) is 66.8 Å². The number of benzene rings is 1. The summed E-state index contributed by atoms with van der Waals surface area (Å²) >= 11 is 0. The number of hydrogen-bond donors (Lipinski definition) is 1. The number of aryl methyl sites for hydroxylation is 1. The number of hydrogen-bond acceptors (Lipinski definition) is 3. The molecule has 5 heteroatoms. The second kappa shape index (κ2) is 7.99. The van der Waals surface area contributed by atoms with Crippen molar-refractivity contribution in [1.29, 1.82) is 0 Å². The van der Waals surface area contributed by atoms with Crippen LogP contribution < -0.4 is 4.74 Å². The minimum Gasteiger partial charge on any atom is -0.494 e. The van der Waals surface area contributed by atoms with Gasteiger partial charge in [-0.05, 0) is 43.4 Å². The van der Waals surface area contributed by atoms with Gasteiger partial charge in [-0.1, -0.05) is 19.1 Å². The highest BCUT2D eigenvalue weighted by molar-refractivity contribution is 5.78. The Bertz CT molecular complexity index is 540. The first-order valence-electron chi connectivity index (χ1n) is 8.22. The van der Waals surface area contributed by atoms with Gasteiger partial charge in [-0.2, -0.15) is 0 Å². The first kappa shape index (κ1) is 17.3. The number of ether oxygens (including phenoxy) is 1. The molecule has 0 aromatic heterocycles. The molecule has 0 bridgehead atoms. The fourth-order valence-electron chi connectivity index (χ4n) is 3.06. The fraction of sp³-hybridized carbons (Fsp3) is 0.556. The van der Waals surface area contributed by atoms with Crippen LogP contribution in [0.25, 0.3) is 0 Å². The maximum atomic E-state index is 12.4.